The molecule has 0 N–H and O–H groups in total. The molecule has 0 atom stereocenters. The fraction of sp³-hybridized carbons (Fsp3) is 0.440. The smallest absolute Gasteiger partial charge is 0.416 e. The van der Waals surface area contributed by atoms with Crippen LogP contribution in [-0.4, -0.2) is 25.2 Å². The van der Waals surface area contributed by atoms with E-state index in [-0.39, 0.29) is 23.3 Å². The summed E-state index contributed by atoms with van der Waals surface area (Å²) in [4.78, 5) is 25.6. The molecule has 2 heterocycles. The largest absolute Gasteiger partial charge is 0.486 e. The molecule has 0 bridgehead atoms. The molecule has 10 heteroatoms. The number of hydrogen-bond acceptors (Lipinski definition) is 4. The Morgan fingerprint density at radius 2 is 1.91 bits per heavy atom. The highest BCUT2D eigenvalue weighted by atomic mass is 19.4. The van der Waals surface area contributed by atoms with Crippen LogP contribution in [0.5, 0.6) is 5.75 Å². The third-order valence-corrected chi connectivity index (χ3v) is 5.88. The Balaban J connectivity index is 1.76. The molecule has 0 unspecified atom stereocenters. The van der Waals surface area contributed by atoms with Crippen molar-refractivity contribution in [2.24, 2.45) is 18.0 Å². The Morgan fingerprint density at radius 3 is 2.51 bits per heavy atom. The highest BCUT2D eigenvalue weighted by molar-refractivity contribution is 5.97. The van der Waals surface area contributed by atoms with Gasteiger partial charge >= 0.3 is 6.18 Å². The number of hydrogen-bond donors (Lipinski definition) is 0. The number of carbonyl (C=O) groups excluding carboxylic acids is 1. The first-order valence-electron chi connectivity index (χ1n) is 11.4. The Hall–Kier alpha value is -3.43. The van der Waals surface area contributed by atoms with Crippen LogP contribution in [0.1, 0.15) is 60.9 Å². The third-order valence-electron chi connectivity index (χ3n) is 5.88. The average molecular weight is 488 g/mol. The van der Waals surface area contributed by atoms with E-state index in [1.165, 1.54) is 18.6 Å². The minimum Gasteiger partial charge on any atom is -0.486 e. The van der Waals surface area contributed by atoms with Gasteiger partial charge < -0.3 is 4.74 Å². The van der Waals surface area contributed by atoms with Gasteiger partial charge in [-0.2, -0.15) is 18.2 Å². The van der Waals surface area contributed by atoms with E-state index in [2.05, 4.69) is 35.7 Å². The lowest BCUT2D eigenvalue weighted by atomic mass is 9.92. The van der Waals surface area contributed by atoms with Gasteiger partial charge in [-0.25, -0.2) is 0 Å². The maximum atomic E-state index is 13.4. The Bertz CT molecular complexity index is 1280. The van der Waals surface area contributed by atoms with E-state index in [4.69, 9.17) is 4.74 Å². The molecule has 0 saturated heterocycles. The lowest BCUT2D eigenvalue weighted by Gasteiger charge is -2.20. The minimum atomic E-state index is -4.61. The van der Waals surface area contributed by atoms with Crippen LogP contribution in [0.25, 0.3) is 0 Å². The second-order valence-electron chi connectivity index (χ2n) is 9.80. The maximum absolute atomic E-state index is 13.4. The van der Waals surface area contributed by atoms with Gasteiger partial charge in [0, 0.05) is 43.2 Å². The van der Waals surface area contributed by atoms with Gasteiger partial charge in [0.25, 0.3) is 5.91 Å². The van der Waals surface area contributed by atoms with E-state index in [1.807, 2.05) is 22.5 Å². The molecule has 1 amide bonds. The average Bonchev–Trinajstić information content (AvgIpc) is 3.56. The summed E-state index contributed by atoms with van der Waals surface area (Å²) in [5.74, 6) is -0.302. The zero-order valence-electron chi connectivity index (χ0n) is 20.1. The fourth-order valence-electron chi connectivity index (χ4n) is 3.85. The zero-order valence-corrected chi connectivity index (χ0v) is 20.1. The summed E-state index contributed by atoms with van der Waals surface area (Å²) in [5.41, 5.74) is 0.431. The molecule has 1 aliphatic carbocycles. The summed E-state index contributed by atoms with van der Waals surface area (Å²) in [5, 5.41) is 0. The van der Waals surface area contributed by atoms with E-state index in [0.717, 1.165) is 36.7 Å². The predicted octanol–water partition coefficient (Wildman–Crippen LogP) is 4.66. The summed E-state index contributed by atoms with van der Waals surface area (Å²) >= 11 is 0. The molecule has 2 aromatic heterocycles. The van der Waals surface area contributed by atoms with Crippen molar-refractivity contribution in [3.63, 3.8) is 0 Å². The van der Waals surface area contributed by atoms with Crippen LogP contribution in [-0.2, 0) is 31.8 Å². The molecule has 3 aromatic rings. The van der Waals surface area contributed by atoms with Crippen LogP contribution >= 0.6 is 0 Å². The second-order valence-corrected chi connectivity index (χ2v) is 9.80. The van der Waals surface area contributed by atoms with Crippen molar-refractivity contribution < 1.29 is 22.7 Å². The van der Waals surface area contributed by atoms with Gasteiger partial charge in [-0.3, -0.25) is 24.1 Å². The fourth-order valence-corrected chi connectivity index (χ4v) is 3.85. The molecule has 1 aromatic carbocycles. The molecule has 0 radical (unpaired) electrons. The Labute approximate surface area is 201 Å². The molecule has 0 spiro atoms. The molecule has 4 rings (SSSR count). The van der Waals surface area contributed by atoms with Gasteiger partial charge in [0.1, 0.15) is 12.4 Å². The van der Waals surface area contributed by atoms with Crippen molar-refractivity contribution in [2.45, 2.75) is 58.4 Å². The topological polar surface area (TPSA) is 74.3 Å². The first-order valence-corrected chi connectivity index (χ1v) is 11.4. The number of rotatable bonds is 6. The molecule has 186 valence electrons. The molecule has 1 saturated carbocycles. The van der Waals surface area contributed by atoms with Crippen molar-refractivity contribution in [3.05, 3.63) is 70.9 Å². The Morgan fingerprint density at radius 1 is 1.17 bits per heavy atom. The van der Waals surface area contributed by atoms with Crippen molar-refractivity contribution in [1.82, 2.24) is 19.3 Å². The van der Waals surface area contributed by atoms with Gasteiger partial charge in [-0.1, -0.05) is 20.8 Å². The lowest BCUT2D eigenvalue weighted by molar-refractivity contribution is -0.137. The molecule has 1 fully saturated rings. The third kappa shape index (κ3) is 5.80. The van der Waals surface area contributed by atoms with Crippen LogP contribution in [0.4, 0.5) is 13.2 Å². The molecule has 7 nitrogen and oxygen atoms in total. The van der Waals surface area contributed by atoms with Crippen molar-refractivity contribution in [2.75, 3.05) is 0 Å². The zero-order chi connectivity index (χ0) is 25.4. The van der Waals surface area contributed by atoms with Gasteiger partial charge in [-0.05, 0) is 37.0 Å². The second kappa shape index (κ2) is 9.31. The summed E-state index contributed by atoms with van der Waals surface area (Å²) in [6.45, 7) is 6.81. The van der Waals surface area contributed by atoms with Gasteiger partial charge in [0.05, 0.1) is 23.0 Å². The Kier molecular flexibility index (Phi) is 6.57. The van der Waals surface area contributed by atoms with Crippen molar-refractivity contribution in [3.8, 4) is 5.75 Å². The van der Waals surface area contributed by atoms with Gasteiger partial charge in [-0.15, -0.1) is 0 Å². The molecular formula is C25H28F3N5O2. The van der Waals surface area contributed by atoms with E-state index >= 15 is 0 Å². The standard InChI is InChI=1S/C25H28F3N5O2/c1-24(2,3)21-12-22(33(32(21)4)14-16-5-6-16)31-23(34)19-11-17(25(26,27)28)7-8-20(19)35-15-18-13-29-9-10-30-18/h7-13,16H,5-6,14-15H2,1-4H3. The highest BCUT2D eigenvalue weighted by Crippen LogP contribution is 2.33. The molecular weight excluding hydrogens is 459 g/mol. The normalized spacial score (nSPS) is 14.9. The van der Waals surface area contributed by atoms with Crippen LogP contribution in [0.3, 0.4) is 0 Å². The number of benzene rings is 1. The van der Waals surface area contributed by atoms with Crippen molar-refractivity contribution >= 4 is 5.91 Å². The molecule has 35 heavy (non-hydrogen) atoms. The van der Waals surface area contributed by atoms with Crippen LogP contribution in [0, 0.1) is 5.92 Å². The number of amides is 1. The number of nitrogens with zero attached hydrogens (tertiary/aromatic N) is 5. The number of halogens is 3. The van der Waals surface area contributed by atoms with Gasteiger partial charge in [0.2, 0.25) is 0 Å². The summed E-state index contributed by atoms with van der Waals surface area (Å²) in [6, 6.07) is 4.65. The first-order chi connectivity index (χ1) is 16.4. The van der Waals surface area contributed by atoms with Crippen LogP contribution in [0.15, 0.2) is 47.8 Å². The SMILES string of the molecule is Cn1c(C(C)(C)C)cc(=NC(=O)c2cc(C(F)(F)F)ccc2OCc2cnccn2)n1CC1CC1. The summed E-state index contributed by atoms with van der Waals surface area (Å²) in [6.07, 6.45) is 2.05. The highest BCUT2D eigenvalue weighted by Gasteiger charge is 2.32. The summed E-state index contributed by atoms with van der Waals surface area (Å²) in [7, 11) is 1.91. The monoisotopic (exact) mass is 487 g/mol. The van der Waals surface area contributed by atoms with Crippen LogP contribution < -0.4 is 10.2 Å². The van der Waals surface area contributed by atoms with E-state index in [1.54, 1.807) is 0 Å². The predicted molar refractivity (Wildman–Crippen MR) is 123 cm³/mol. The van der Waals surface area contributed by atoms with Crippen LogP contribution in [0.2, 0.25) is 0 Å². The summed E-state index contributed by atoms with van der Waals surface area (Å²) < 4.78 is 49.9. The minimum absolute atomic E-state index is 0.00174. The number of aromatic nitrogens is 4. The van der Waals surface area contributed by atoms with Gasteiger partial charge in [0.15, 0.2) is 5.49 Å². The van der Waals surface area contributed by atoms with E-state index in [9.17, 15) is 18.0 Å². The quantitative estimate of drug-likeness (QED) is 0.507. The number of alkyl halides is 3. The van der Waals surface area contributed by atoms with Crippen molar-refractivity contribution in [1.29, 1.82) is 0 Å². The number of ether oxygens (including phenoxy) is 1. The first kappa shape index (κ1) is 24.7. The van der Waals surface area contributed by atoms with E-state index in [0.29, 0.717) is 23.6 Å². The molecule has 1 aliphatic rings. The van der Waals surface area contributed by atoms with E-state index < -0.39 is 17.6 Å². The lowest BCUT2D eigenvalue weighted by Crippen LogP contribution is -2.26. The number of carbonyl (C=O) groups is 1. The maximum Gasteiger partial charge on any atom is 0.416 e. The molecule has 0 aliphatic heterocycles.